The maximum atomic E-state index is 14.2. The van der Waals surface area contributed by atoms with E-state index in [4.69, 9.17) is 4.98 Å². The lowest BCUT2D eigenvalue weighted by molar-refractivity contribution is 0.122. The lowest BCUT2D eigenvalue weighted by Crippen LogP contribution is -2.43. The molecule has 2 aromatic rings. The fourth-order valence-electron chi connectivity index (χ4n) is 4.12. The summed E-state index contributed by atoms with van der Waals surface area (Å²) in [5.74, 6) is 0.0484. The van der Waals surface area contributed by atoms with Crippen molar-refractivity contribution in [1.29, 1.82) is 0 Å². The van der Waals surface area contributed by atoms with Crippen LogP contribution in [0.5, 0.6) is 0 Å². The van der Waals surface area contributed by atoms with Gasteiger partial charge in [0.25, 0.3) is 0 Å². The minimum Gasteiger partial charge on any atom is -0.393 e. The van der Waals surface area contributed by atoms with Gasteiger partial charge in [0.15, 0.2) is 5.82 Å². The Hall–Kier alpha value is -2.68. The maximum absolute atomic E-state index is 14.2. The number of aromatic nitrogens is 2. The second kappa shape index (κ2) is 9.64. The Balaban J connectivity index is 1.60. The van der Waals surface area contributed by atoms with Crippen LogP contribution in [-0.2, 0) is 0 Å². The number of hydrogen-bond donors (Lipinski definition) is 4. The summed E-state index contributed by atoms with van der Waals surface area (Å²) >= 11 is 0. The average Bonchev–Trinajstić information content (AvgIpc) is 2.73. The van der Waals surface area contributed by atoms with E-state index in [0.717, 1.165) is 43.3 Å². The highest BCUT2D eigenvalue weighted by molar-refractivity contribution is 5.67. The Labute approximate surface area is 181 Å². The molecule has 7 nitrogen and oxygen atoms in total. The number of benzene rings is 1. The van der Waals surface area contributed by atoms with Crippen LogP contribution in [0.4, 0.5) is 31.9 Å². The predicted molar refractivity (Wildman–Crippen MR) is 118 cm³/mol. The number of halogens is 2. The first-order chi connectivity index (χ1) is 15.0. The molecule has 31 heavy (non-hydrogen) atoms. The number of nitrogens with zero attached hydrogens (tertiary/aromatic N) is 3. The summed E-state index contributed by atoms with van der Waals surface area (Å²) in [6.07, 6.45) is 7.92. The Bertz CT molecular complexity index is 886. The molecule has 1 aromatic heterocycles. The molecule has 2 saturated carbocycles. The first-order valence-corrected chi connectivity index (χ1v) is 11.0. The van der Waals surface area contributed by atoms with Gasteiger partial charge in [-0.25, -0.2) is 13.8 Å². The molecule has 0 bridgehead atoms. The molecule has 1 heterocycles. The SMILES string of the molecule is CNc1cnc(NC2CCC2)nc1N(CNc1ccc(F)cc1F)C1CCC(O)CC1. The monoisotopic (exact) mass is 432 g/mol. The van der Waals surface area contributed by atoms with E-state index >= 15 is 0 Å². The van der Waals surface area contributed by atoms with Crippen molar-refractivity contribution in [3.63, 3.8) is 0 Å². The van der Waals surface area contributed by atoms with E-state index in [2.05, 4.69) is 25.8 Å². The molecule has 2 aliphatic carbocycles. The van der Waals surface area contributed by atoms with Gasteiger partial charge in [-0.15, -0.1) is 0 Å². The van der Waals surface area contributed by atoms with Crippen molar-refractivity contribution in [3.05, 3.63) is 36.0 Å². The number of rotatable bonds is 8. The molecule has 0 saturated heterocycles. The van der Waals surface area contributed by atoms with Crippen molar-refractivity contribution in [1.82, 2.24) is 9.97 Å². The van der Waals surface area contributed by atoms with Crippen LogP contribution in [0.2, 0.25) is 0 Å². The van der Waals surface area contributed by atoms with Crippen molar-refractivity contribution < 1.29 is 13.9 Å². The molecule has 0 unspecified atom stereocenters. The highest BCUT2D eigenvalue weighted by atomic mass is 19.1. The van der Waals surface area contributed by atoms with Crippen molar-refractivity contribution in [2.75, 3.05) is 34.6 Å². The first-order valence-electron chi connectivity index (χ1n) is 11.0. The van der Waals surface area contributed by atoms with Gasteiger partial charge in [-0.1, -0.05) is 0 Å². The molecule has 9 heteroatoms. The van der Waals surface area contributed by atoms with E-state index in [1.54, 1.807) is 6.20 Å². The molecule has 168 valence electrons. The molecular formula is C22H30F2N6O. The standard InChI is InChI=1S/C22H30F2N6O/c1-25-20-12-26-22(28-15-3-2-4-15)29-21(20)30(16-6-8-17(31)9-7-16)13-27-19-10-5-14(23)11-18(19)24/h5,10-12,15-17,25,27,31H,2-4,6-9,13H2,1H3,(H,26,28,29). The van der Waals surface area contributed by atoms with Gasteiger partial charge < -0.3 is 26.0 Å². The quantitative estimate of drug-likeness (QED) is 0.470. The second-order valence-corrected chi connectivity index (χ2v) is 8.34. The maximum Gasteiger partial charge on any atom is 0.224 e. The summed E-state index contributed by atoms with van der Waals surface area (Å²) in [7, 11) is 1.82. The largest absolute Gasteiger partial charge is 0.393 e. The van der Waals surface area contributed by atoms with Crippen molar-refractivity contribution in [2.45, 2.75) is 63.1 Å². The minimum absolute atomic E-state index is 0.123. The number of aliphatic hydroxyl groups is 1. The highest BCUT2D eigenvalue weighted by Crippen LogP contribution is 2.32. The molecule has 1 aromatic carbocycles. The molecule has 0 spiro atoms. The van der Waals surface area contributed by atoms with Gasteiger partial charge in [0.2, 0.25) is 5.95 Å². The topological polar surface area (TPSA) is 85.3 Å². The summed E-state index contributed by atoms with van der Waals surface area (Å²) in [5.41, 5.74) is 1.00. The van der Waals surface area contributed by atoms with Crippen LogP contribution >= 0.6 is 0 Å². The third-order valence-corrected chi connectivity index (χ3v) is 6.23. The van der Waals surface area contributed by atoms with Crippen LogP contribution in [-0.4, -0.2) is 47.0 Å². The van der Waals surface area contributed by atoms with Gasteiger partial charge in [-0.2, -0.15) is 4.98 Å². The summed E-state index contributed by atoms with van der Waals surface area (Å²) < 4.78 is 27.5. The predicted octanol–water partition coefficient (Wildman–Crippen LogP) is 3.94. The van der Waals surface area contributed by atoms with Crippen molar-refractivity contribution in [3.8, 4) is 0 Å². The molecule has 0 radical (unpaired) electrons. The van der Waals surface area contributed by atoms with Gasteiger partial charge in [0.05, 0.1) is 30.3 Å². The van der Waals surface area contributed by atoms with Gasteiger partial charge >= 0.3 is 0 Å². The van der Waals surface area contributed by atoms with Crippen molar-refractivity contribution >= 4 is 23.1 Å². The van der Waals surface area contributed by atoms with E-state index in [9.17, 15) is 13.9 Å². The van der Waals surface area contributed by atoms with Gasteiger partial charge in [0, 0.05) is 25.2 Å². The smallest absolute Gasteiger partial charge is 0.224 e. The molecular weight excluding hydrogens is 402 g/mol. The third-order valence-electron chi connectivity index (χ3n) is 6.23. The van der Waals surface area contributed by atoms with Crippen LogP contribution in [0.1, 0.15) is 44.9 Å². The molecule has 2 aliphatic rings. The minimum atomic E-state index is -0.636. The zero-order valence-electron chi connectivity index (χ0n) is 17.7. The summed E-state index contributed by atoms with van der Waals surface area (Å²) in [6, 6.07) is 4.03. The van der Waals surface area contributed by atoms with Crippen LogP contribution < -0.4 is 20.9 Å². The zero-order chi connectivity index (χ0) is 21.8. The normalized spacial score (nSPS) is 21.3. The number of aliphatic hydroxyl groups excluding tert-OH is 1. The first kappa shape index (κ1) is 21.5. The summed E-state index contributed by atoms with van der Waals surface area (Å²) in [5, 5.41) is 19.6. The van der Waals surface area contributed by atoms with Gasteiger partial charge in [-0.05, 0) is 57.1 Å². The Morgan fingerprint density at radius 1 is 1.10 bits per heavy atom. The van der Waals surface area contributed by atoms with E-state index in [0.29, 0.717) is 24.8 Å². The second-order valence-electron chi connectivity index (χ2n) is 8.34. The third kappa shape index (κ3) is 5.15. The lowest BCUT2D eigenvalue weighted by atomic mass is 9.92. The van der Waals surface area contributed by atoms with Crippen LogP contribution in [0.25, 0.3) is 0 Å². The fourth-order valence-corrected chi connectivity index (χ4v) is 4.12. The molecule has 2 fully saturated rings. The fraction of sp³-hybridized carbons (Fsp3) is 0.545. The highest BCUT2D eigenvalue weighted by Gasteiger charge is 2.28. The van der Waals surface area contributed by atoms with Crippen LogP contribution in [0, 0.1) is 11.6 Å². The Morgan fingerprint density at radius 3 is 2.52 bits per heavy atom. The van der Waals surface area contributed by atoms with Gasteiger partial charge in [-0.3, -0.25) is 0 Å². The van der Waals surface area contributed by atoms with Crippen LogP contribution in [0.15, 0.2) is 24.4 Å². The zero-order valence-corrected chi connectivity index (χ0v) is 17.7. The number of nitrogens with one attached hydrogen (secondary N) is 3. The lowest BCUT2D eigenvalue weighted by Gasteiger charge is -2.38. The van der Waals surface area contributed by atoms with Crippen molar-refractivity contribution in [2.24, 2.45) is 0 Å². The number of anilines is 4. The molecule has 0 aliphatic heterocycles. The molecule has 4 rings (SSSR count). The molecule has 4 N–H and O–H groups in total. The van der Waals surface area contributed by atoms with Gasteiger partial charge in [0.1, 0.15) is 11.6 Å². The Kier molecular flexibility index (Phi) is 6.70. The van der Waals surface area contributed by atoms with E-state index in [-0.39, 0.29) is 24.5 Å². The number of hydrogen-bond acceptors (Lipinski definition) is 7. The average molecular weight is 433 g/mol. The Morgan fingerprint density at radius 2 is 1.87 bits per heavy atom. The summed E-state index contributed by atoms with van der Waals surface area (Å²) in [4.78, 5) is 11.3. The molecule has 0 atom stereocenters. The van der Waals surface area contributed by atoms with E-state index in [1.807, 2.05) is 7.05 Å². The van der Waals surface area contributed by atoms with E-state index in [1.165, 1.54) is 18.6 Å². The summed E-state index contributed by atoms with van der Waals surface area (Å²) in [6.45, 7) is 0.290. The van der Waals surface area contributed by atoms with E-state index < -0.39 is 11.6 Å². The van der Waals surface area contributed by atoms with Crippen LogP contribution in [0.3, 0.4) is 0 Å². The molecule has 0 amide bonds.